The fourth-order valence-corrected chi connectivity index (χ4v) is 11.1. The highest BCUT2D eigenvalue weighted by Crippen LogP contribution is 2.38. The minimum absolute atomic E-state index is 0.0283. The van der Waals surface area contributed by atoms with Crippen molar-refractivity contribution >= 4 is 19.7 Å². The number of hydrogen-bond donors (Lipinski definition) is 1. The van der Waals surface area contributed by atoms with Crippen molar-refractivity contribution in [2.45, 2.75) is 341 Å². The smallest absolute Gasteiger partial charge is 0.306 e. The summed E-state index contributed by atoms with van der Waals surface area (Å²) in [5, 5.41) is 3.04. The van der Waals surface area contributed by atoms with Gasteiger partial charge in [0.15, 0.2) is 0 Å². The van der Waals surface area contributed by atoms with Crippen molar-refractivity contribution in [1.82, 2.24) is 5.32 Å². The summed E-state index contributed by atoms with van der Waals surface area (Å²) < 4.78 is 30.5. The lowest BCUT2D eigenvalue weighted by Crippen LogP contribution is -2.47. The fraction of sp³-hybridized carbons (Fsp3) is 0.787. The predicted octanol–water partition coefficient (Wildman–Crippen LogP) is 22.3. The van der Waals surface area contributed by atoms with Gasteiger partial charge >= 0.3 is 5.97 Å². The van der Waals surface area contributed by atoms with Gasteiger partial charge in [-0.15, -0.1) is 0 Å². The number of phosphoric acid groups is 1. The number of hydrogen-bond acceptors (Lipinski definition) is 7. The van der Waals surface area contributed by atoms with E-state index in [9.17, 15) is 19.0 Å². The van der Waals surface area contributed by atoms with Gasteiger partial charge in [0.1, 0.15) is 19.3 Å². The highest BCUT2D eigenvalue weighted by molar-refractivity contribution is 7.45. The molecule has 10 heteroatoms. The second-order valence-corrected chi connectivity index (χ2v) is 26.8. The van der Waals surface area contributed by atoms with Crippen LogP contribution in [0.3, 0.4) is 0 Å². The lowest BCUT2D eigenvalue weighted by Gasteiger charge is -2.30. The molecule has 1 N–H and O–H groups in total. The molecule has 0 rings (SSSR count). The second-order valence-electron chi connectivity index (χ2n) is 25.4. The Morgan fingerprint density at radius 3 is 1.13 bits per heavy atom. The lowest BCUT2D eigenvalue weighted by atomic mass is 10.0. The molecule has 0 aliphatic carbocycles. The van der Waals surface area contributed by atoms with Crippen LogP contribution < -0.4 is 10.2 Å². The molecule has 0 heterocycles. The van der Waals surface area contributed by atoms with E-state index < -0.39 is 26.6 Å². The molecule has 0 radical (unpaired) electrons. The number of rotatable bonds is 65. The van der Waals surface area contributed by atoms with Crippen molar-refractivity contribution in [1.29, 1.82) is 0 Å². The number of ether oxygens (including phenoxy) is 1. The Morgan fingerprint density at radius 2 is 0.753 bits per heavy atom. The van der Waals surface area contributed by atoms with E-state index >= 15 is 0 Å². The topological polar surface area (TPSA) is 114 Å². The van der Waals surface area contributed by atoms with Gasteiger partial charge in [0.05, 0.1) is 33.8 Å². The molecule has 0 fully saturated rings. The van der Waals surface area contributed by atoms with Crippen LogP contribution in [0.2, 0.25) is 0 Å². The van der Waals surface area contributed by atoms with Gasteiger partial charge in [-0.05, 0) is 83.1 Å². The maximum absolute atomic E-state index is 13.6. The highest BCUT2D eigenvalue weighted by Gasteiger charge is 2.27. The van der Waals surface area contributed by atoms with Crippen LogP contribution in [-0.2, 0) is 27.9 Å². The van der Waals surface area contributed by atoms with Gasteiger partial charge in [0.2, 0.25) is 5.91 Å². The van der Waals surface area contributed by atoms with Crippen LogP contribution in [0.5, 0.6) is 0 Å². The van der Waals surface area contributed by atoms with Gasteiger partial charge in [-0.2, -0.15) is 0 Å². The normalized spacial score (nSPS) is 14.0. The molecule has 9 nitrogen and oxygen atoms in total. The summed E-state index contributed by atoms with van der Waals surface area (Å²) in [6, 6.07) is -0.903. The molecular weight excluding hydrogens is 1070 g/mol. The molecule has 0 spiro atoms. The number of esters is 1. The van der Waals surface area contributed by atoms with Gasteiger partial charge in [0.25, 0.3) is 7.82 Å². The van der Waals surface area contributed by atoms with Crippen LogP contribution in [0, 0.1) is 0 Å². The Hall–Kier alpha value is -2.81. The molecule has 494 valence electrons. The number of unbranched alkanes of at least 4 members (excludes halogenated alkanes) is 37. The lowest BCUT2D eigenvalue weighted by molar-refractivity contribution is -0.870. The molecule has 0 saturated heterocycles. The minimum atomic E-state index is -4.71. The number of likely N-dealkylation sites (N-methyl/N-ethyl adjacent to an activating group) is 1. The van der Waals surface area contributed by atoms with Crippen molar-refractivity contribution in [3.63, 3.8) is 0 Å². The van der Waals surface area contributed by atoms with Gasteiger partial charge in [-0.1, -0.05) is 318 Å². The molecule has 0 bridgehead atoms. The molecular formula is C75H137N2O7P. The monoisotopic (exact) mass is 1210 g/mol. The number of phosphoric ester groups is 1. The fourth-order valence-electron chi connectivity index (χ4n) is 10.4. The molecule has 0 aromatic rings. The second kappa shape index (κ2) is 64.2. The van der Waals surface area contributed by atoms with Crippen LogP contribution in [0.25, 0.3) is 0 Å². The number of carbonyl (C=O) groups excluding carboxylic acids is 2. The summed E-state index contributed by atoms with van der Waals surface area (Å²) in [5.41, 5.74) is 0. The Morgan fingerprint density at radius 1 is 0.424 bits per heavy atom. The first-order valence-electron chi connectivity index (χ1n) is 35.9. The third kappa shape index (κ3) is 65.5. The molecule has 0 aromatic carbocycles. The summed E-state index contributed by atoms with van der Waals surface area (Å²) in [6.07, 6.45) is 85.6. The predicted molar refractivity (Wildman–Crippen MR) is 367 cm³/mol. The molecule has 3 unspecified atom stereocenters. The Balaban J connectivity index is 5.15. The van der Waals surface area contributed by atoms with E-state index in [-0.39, 0.29) is 24.9 Å². The van der Waals surface area contributed by atoms with Crippen molar-refractivity contribution in [3.8, 4) is 0 Å². The van der Waals surface area contributed by atoms with Crippen molar-refractivity contribution in [2.24, 2.45) is 0 Å². The van der Waals surface area contributed by atoms with E-state index in [0.29, 0.717) is 23.9 Å². The Kier molecular flexibility index (Phi) is 62.1. The molecule has 0 aromatic heterocycles. The van der Waals surface area contributed by atoms with Gasteiger partial charge in [-0.3, -0.25) is 14.2 Å². The molecule has 3 atom stereocenters. The minimum Gasteiger partial charge on any atom is -0.756 e. The Bertz CT molecular complexity index is 1730. The summed E-state index contributed by atoms with van der Waals surface area (Å²) >= 11 is 0. The molecule has 0 aliphatic heterocycles. The zero-order valence-corrected chi connectivity index (χ0v) is 57.4. The van der Waals surface area contributed by atoms with Crippen LogP contribution in [0.4, 0.5) is 0 Å². The highest BCUT2D eigenvalue weighted by atomic mass is 31.2. The number of amides is 1. The zero-order chi connectivity index (χ0) is 62.1. The molecule has 0 saturated carbocycles. The number of quaternary nitrogens is 1. The van der Waals surface area contributed by atoms with E-state index in [1.807, 2.05) is 33.3 Å². The van der Waals surface area contributed by atoms with Crippen molar-refractivity contribution < 1.29 is 37.3 Å². The van der Waals surface area contributed by atoms with E-state index in [1.54, 1.807) is 0 Å². The largest absolute Gasteiger partial charge is 0.756 e. The van der Waals surface area contributed by atoms with Gasteiger partial charge in [-0.25, -0.2) is 0 Å². The first kappa shape index (κ1) is 82.2. The van der Waals surface area contributed by atoms with Crippen molar-refractivity contribution in [2.75, 3.05) is 40.9 Å². The van der Waals surface area contributed by atoms with E-state index in [2.05, 4.69) is 99.0 Å². The molecule has 0 aliphatic rings. The van der Waals surface area contributed by atoms with E-state index in [4.69, 9.17) is 13.8 Å². The number of nitrogens with zero attached hydrogens (tertiary/aromatic N) is 1. The van der Waals surface area contributed by atoms with Crippen LogP contribution in [0.1, 0.15) is 329 Å². The summed E-state index contributed by atoms with van der Waals surface area (Å²) in [4.78, 5) is 40.2. The Labute approximate surface area is 526 Å². The van der Waals surface area contributed by atoms with Gasteiger partial charge in [0, 0.05) is 12.8 Å². The maximum atomic E-state index is 13.6. The van der Waals surface area contributed by atoms with Gasteiger partial charge < -0.3 is 28.5 Å². The van der Waals surface area contributed by atoms with Crippen LogP contribution in [-0.4, -0.2) is 69.4 Å². The average Bonchev–Trinajstić information content (AvgIpc) is 3.52. The number of nitrogens with one attached hydrogen (secondary N) is 1. The number of allylic oxidation sites excluding steroid dienone is 13. The molecule has 1 amide bonds. The van der Waals surface area contributed by atoms with E-state index in [1.165, 1.54) is 186 Å². The molecule has 85 heavy (non-hydrogen) atoms. The third-order valence-corrected chi connectivity index (χ3v) is 16.8. The summed E-state index contributed by atoms with van der Waals surface area (Å²) in [5.74, 6) is -0.560. The third-order valence-electron chi connectivity index (χ3n) is 15.8. The van der Waals surface area contributed by atoms with Crippen LogP contribution in [0.15, 0.2) is 85.1 Å². The standard InChI is InChI=1S/C75H137N2O7P/c1-7-10-13-16-19-22-25-28-30-32-34-36-38-40-42-44-46-49-52-55-58-61-64-67-74(78)76-72(71-83-85(80,81)82-70-69-77(4,5)6)73(66-63-60-57-54-51-48-27-24-21-18-15-12-9-3)84-75(79)68-65-62-59-56-53-50-47-45-43-41-39-37-35-33-31-29-26-23-20-17-14-11-8-2/h11,14,20,23,29,31,35,37,41,43,47,50,63,66,72-73H,7-10,12-13,15-19,21-22,24-28,30,32-34,36,38-40,42,44-46,48-49,51-62,64-65,67-71H2,1-6H3,(H-,76,78,80,81)/b14-11-,23-20-,31-29-,37-35-,43-41-,50-47-,66-63+. The first-order chi connectivity index (χ1) is 41.4. The van der Waals surface area contributed by atoms with E-state index in [0.717, 1.165) is 103 Å². The first-order valence-corrected chi connectivity index (χ1v) is 37.4. The summed E-state index contributed by atoms with van der Waals surface area (Å²) in [7, 11) is 1.17. The van der Waals surface area contributed by atoms with Crippen LogP contribution >= 0.6 is 7.82 Å². The van der Waals surface area contributed by atoms with Crippen molar-refractivity contribution in [3.05, 3.63) is 85.1 Å². The summed E-state index contributed by atoms with van der Waals surface area (Å²) in [6.45, 7) is 6.75. The quantitative estimate of drug-likeness (QED) is 0.0212. The zero-order valence-electron chi connectivity index (χ0n) is 56.6. The number of carbonyl (C=O) groups is 2. The maximum Gasteiger partial charge on any atom is 0.306 e. The SMILES string of the molecule is CC/C=C\C/C=C\C/C=C\C/C=C\C/C=C\C/C=C\CCCCCCC(=O)OC(/C=C/CCCCCCCCCCCCC)C(COP(=O)([O-])OCC[N+](C)(C)C)NC(=O)CCCCCCCCCCCCCCCCCCCCCCCCC. The average molecular weight is 1210 g/mol.